The Labute approximate surface area is 105 Å². The lowest BCUT2D eigenvalue weighted by Gasteiger charge is -2.23. The molecule has 1 rings (SSSR count). The van der Waals surface area contributed by atoms with Gasteiger partial charge >= 0.3 is 0 Å². The fourth-order valence-electron chi connectivity index (χ4n) is 1.49. The smallest absolute Gasteiger partial charge is 0.0948 e. The number of aryl methyl sites for hydroxylation is 1. The van der Waals surface area contributed by atoms with Crippen LogP contribution in [0.3, 0.4) is 0 Å². The summed E-state index contributed by atoms with van der Waals surface area (Å²) in [4.78, 5) is 4.14. The van der Waals surface area contributed by atoms with Crippen LogP contribution in [0.25, 0.3) is 6.08 Å². The Kier molecular flexibility index (Phi) is 4.52. The summed E-state index contributed by atoms with van der Waals surface area (Å²) in [5, 5.41) is 3.54. The van der Waals surface area contributed by atoms with Gasteiger partial charge in [-0.15, -0.1) is 0 Å². The van der Waals surface area contributed by atoms with Crippen LogP contribution in [0.2, 0.25) is 0 Å². The highest BCUT2D eigenvalue weighted by Crippen LogP contribution is 2.14. The van der Waals surface area contributed by atoms with Crippen molar-refractivity contribution >= 4 is 6.08 Å². The van der Waals surface area contributed by atoms with Crippen LogP contribution in [0, 0.1) is 5.92 Å². The molecule has 3 nitrogen and oxygen atoms in total. The third-order valence-corrected chi connectivity index (χ3v) is 2.75. The van der Waals surface area contributed by atoms with Crippen molar-refractivity contribution in [1.82, 2.24) is 14.9 Å². The Morgan fingerprint density at radius 3 is 2.53 bits per heavy atom. The van der Waals surface area contributed by atoms with Gasteiger partial charge in [-0.25, -0.2) is 4.98 Å². The first-order valence-corrected chi connectivity index (χ1v) is 6.21. The van der Waals surface area contributed by atoms with Crippen molar-refractivity contribution in [1.29, 1.82) is 0 Å². The molecule has 0 amide bonds. The van der Waals surface area contributed by atoms with Crippen molar-refractivity contribution in [2.24, 2.45) is 13.0 Å². The van der Waals surface area contributed by atoms with E-state index in [-0.39, 0.29) is 5.54 Å². The van der Waals surface area contributed by atoms with Crippen molar-refractivity contribution in [3.63, 3.8) is 0 Å². The first-order chi connectivity index (χ1) is 7.79. The van der Waals surface area contributed by atoms with Crippen molar-refractivity contribution in [3.8, 4) is 0 Å². The average molecular weight is 235 g/mol. The summed E-state index contributed by atoms with van der Waals surface area (Å²) in [6.07, 6.45) is 5.97. The van der Waals surface area contributed by atoms with Gasteiger partial charge in [-0.1, -0.05) is 19.4 Å². The fraction of sp³-hybridized carbons (Fsp3) is 0.643. The highest BCUT2D eigenvalue weighted by Gasteiger charge is 2.11. The number of aromatic nitrogens is 2. The molecule has 0 aliphatic heterocycles. The summed E-state index contributed by atoms with van der Waals surface area (Å²) < 4.78 is 2.04. The molecule has 1 heterocycles. The number of nitrogens with one attached hydrogen (secondary N) is 1. The second-order valence-electron chi connectivity index (χ2n) is 5.91. The van der Waals surface area contributed by atoms with E-state index in [4.69, 9.17) is 0 Å². The van der Waals surface area contributed by atoms with E-state index in [0.29, 0.717) is 5.92 Å². The molecule has 0 bridgehead atoms. The van der Waals surface area contributed by atoms with E-state index in [1.165, 1.54) is 5.57 Å². The maximum absolute atomic E-state index is 4.14. The minimum absolute atomic E-state index is 0.153. The molecule has 0 atom stereocenters. The van der Waals surface area contributed by atoms with Crippen LogP contribution in [0.4, 0.5) is 0 Å². The van der Waals surface area contributed by atoms with Gasteiger partial charge in [0.1, 0.15) is 0 Å². The molecule has 1 aromatic heterocycles. The minimum Gasteiger partial charge on any atom is -0.334 e. The number of imidazole rings is 1. The molecule has 96 valence electrons. The van der Waals surface area contributed by atoms with Gasteiger partial charge < -0.3 is 9.88 Å². The summed E-state index contributed by atoms with van der Waals surface area (Å²) in [5.41, 5.74) is 2.72. The van der Waals surface area contributed by atoms with Gasteiger partial charge in [-0.2, -0.15) is 0 Å². The molecule has 1 aromatic rings. The first kappa shape index (κ1) is 14.0. The quantitative estimate of drug-likeness (QED) is 0.869. The number of hydrogen-bond donors (Lipinski definition) is 1. The lowest BCUT2D eigenvalue weighted by Crippen LogP contribution is -2.37. The van der Waals surface area contributed by atoms with Gasteiger partial charge in [-0.3, -0.25) is 0 Å². The third-order valence-electron chi connectivity index (χ3n) is 2.75. The van der Waals surface area contributed by atoms with Crippen molar-refractivity contribution in [2.45, 2.75) is 40.2 Å². The molecule has 0 fully saturated rings. The molecule has 0 aliphatic carbocycles. The Balaban J connectivity index is 2.80. The maximum Gasteiger partial charge on any atom is 0.0948 e. The van der Waals surface area contributed by atoms with E-state index in [0.717, 1.165) is 12.2 Å². The standard InChI is InChI=1S/C14H25N3/c1-11(2)12(8-16-14(3,4)5)7-13-9-15-10-17(13)6/h7,9-11,16H,8H2,1-6H3. The van der Waals surface area contributed by atoms with Crippen molar-refractivity contribution < 1.29 is 0 Å². The summed E-state index contributed by atoms with van der Waals surface area (Å²) in [6, 6.07) is 0. The van der Waals surface area contributed by atoms with Crippen LogP contribution in [-0.4, -0.2) is 21.6 Å². The van der Waals surface area contributed by atoms with Crippen LogP contribution in [0.15, 0.2) is 18.1 Å². The SMILES string of the molecule is CC(C)C(=Cc1cncn1C)CNC(C)(C)C. The Bertz CT molecular complexity index is 380. The zero-order valence-corrected chi connectivity index (χ0v) is 11.9. The van der Waals surface area contributed by atoms with Gasteiger partial charge in [0.15, 0.2) is 0 Å². The molecular weight excluding hydrogens is 210 g/mol. The van der Waals surface area contributed by atoms with Crippen LogP contribution in [-0.2, 0) is 7.05 Å². The van der Waals surface area contributed by atoms with Crippen molar-refractivity contribution in [2.75, 3.05) is 6.54 Å². The van der Waals surface area contributed by atoms with E-state index in [2.05, 4.69) is 51.0 Å². The van der Waals surface area contributed by atoms with Gasteiger partial charge in [0, 0.05) is 19.1 Å². The predicted molar refractivity (Wildman–Crippen MR) is 73.8 cm³/mol. The molecule has 0 aromatic carbocycles. The van der Waals surface area contributed by atoms with Gasteiger partial charge in [0.2, 0.25) is 0 Å². The lowest BCUT2D eigenvalue weighted by molar-refractivity contribution is 0.437. The normalized spacial score (nSPS) is 13.5. The molecule has 0 radical (unpaired) electrons. The van der Waals surface area contributed by atoms with Crippen LogP contribution < -0.4 is 5.32 Å². The number of rotatable bonds is 4. The minimum atomic E-state index is 0.153. The molecule has 0 spiro atoms. The van der Waals surface area contributed by atoms with E-state index >= 15 is 0 Å². The molecule has 0 saturated heterocycles. The zero-order valence-electron chi connectivity index (χ0n) is 11.9. The largest absolute Gasteiger partial charge is 0.334 e. The molecule has 0 unspecified atom stereocenters. The number of nitrogens with zero attached hydrogens (tertiary/aromatic N) is 2. The molecule has 0 saturated carbocycles. The van der Waals surface area contributed by atoms with E-state index in [1.807, 2.05) is 24.1 Å². The summed E-state index contributed by atoms with van der Waals surface area (Å²) in [5.74, 6) is 0.541. The lowest BCUT2D eigenvalue weighted by atomic mass is 10.0. The first-order valence-electron chi connectivity index (χ1n) is 6.21. The van der Waals surface area contributed by atoms with E-state index in [1.54, 1.807) is 0 Å². The van der Waals surface area contributed by atoms with Crippen LogP contribution >= 0.6 is 0 Å². The molecular formula is C14H25N3. The second-order valence-corrected chi connectivity index (χ2v) is 5.91. The highest BCUT2D eigenvalue weighted by atomic mass is 15.0. The van der Waals surface area contributed by atoms with Crippen LogP contribution in [0.1, 0.15) is 40.3 Å². The van der Waals surface area contributed by atoms with E-state index < -0.39 is 0 Å². The third kappa shape index (κ3) is 4.73. The fourth-order valence-corrected chi connectivity index (χ4v) is 1.49. The molecule has 3 heteroatoms. The molecule has 17 heavy (non-hydrogen) atoms. The van der Waals surface area contributed by atoms with Crippen molar-refractivity contribution in [3.05, 3.63) is 23.8 Å². The maximum atomic E-state index is 4.14. The molecule has 1 N–H and O–H groups in total. The monoisotopic (exact) mass is 235 g/mol. The van der Waals surface area contributed by atoms with Gasteiger partial charge in [0.05, 0.1) is 18.2 Å². The Morgan fingerprint density at radius 2 is 2.12 bits per heavy atom. The van der Waals surface area contributed by atoms with Gasteiger partial charge in [-0.05, 0) is 32.8 Å². The van der Waals surface area contributed by atoms with Gasteiger partial charge in [0.25, 0.3) is 0 Å². The second kappa shape index (κ2) is 5.50. The summed E-state index contributed by atoms with van der Waals surface area (Å²) in [6.45, 7) is 11.9. The summed E-state index contributed by atoms with van der Waals surface area (Å²) in [7, 11) is 2.02. The summed E-state index contributed by atoms with van der Waals surface area (Å²) >= 11 is 0. The average Bonchev–Trinajstić information content (AvgIpc) is 2.56. The zero-order chi connectivity index (χ0) is 13.1. The Hall–Kier alpha value is -1.09. The van der Waals surface area contributed by atoms with E-state index in [9.17, 15) is 0 Å². The number of hydrogen-bond acceptors (Lipinski definition) is 2. The Morgan fingerprint density at radius 1 is 1.47 bits per heavy atom. The molecule has 0 aliphatic rings. The van der Waals surface area contributed by atoms with Crippen LogP contribution in [0.5, 0.6) is 0 Å². The topological polar surface area (TPSA) is 29.9 Å². The predicted octanol–water partition coefficient (Wildman–Crippen LogP) is 2.85. The highest BCUT2D eigenvalue weighted by molar-refractivity contribution is 5.49.